The number of amides is 1. The first-order valence-corrected chi connectivity index (χ1v) is 8.92. The maximum Gasteiger partial charge on any atom is 0.234 e. The fraction of sp³-hybridized carbons (Fsp3) is 0.0625. The van der Waals surface area contributed by atoms with Gasteiger partial charge in [-0.3, -0.25) is 9.20 Å². The highest BCUT2D eigenvalue weighted by atomic mass is 32.2. The van der Waals surface area contributed by atoms with Crippen LogP contribution in [0.2, 0.25) is 0 Å². The van der Waals surface area contributed by atoms with Crippen LogP contribution >= 0.6 is 23.1 Å². The van der Waals surface area contributed by atoms with Crippen LogP contribution in [0.4, 0.5) is 10.1 Å². The number of thiazole rings is 1. The zero-order valence-corrected chi connectivity index (χ0v) is 13.9. The number of thioether (sulfide) groups is 1. The van der Waals surface area contributed by atoms with Gasteiger partial charge in [0, 0.05) is 5.69 Å². The van der Waals surface area contributed by atoms with Gasteiger partial charge < -0.3 is 5.32 Å². The summed E-state index contributed by atoms with van der Waals surface area (Å²) in [5.74, 6) is -0.437. The molecule has 0 aliphatic carbocycles. The molecule has 0 spiro atoms. The molecule has 0 saturated heterocycles. The van der Waals surface area contributed by atoms with Crippen LogP contribution in [0.1, 0.15) is 0 Å². The summed E-state index contributed by atoms with van der Waals surface area (Å²) < 4.78 is 16.2. The Morgan fingerprint density at radius 3 is 2.96 bits per heavy atom. The van der Waals surface area contributed by atoms with Crippen molar-refractivity contribution in [3.05, 3.63) is 54.3 Å². The Morgan fingerprint density at radius 2 is 2.08 bits per heavy atom. The van der Waals surface area contributed by atoms with Crippen molar-refractivity contribution in [2.24, 2.45) is 0 Å². The predicted molar refractivity (Wildman–Crippen MR) is 94.1 cm³/mol. The van der Waals surface area contributed by atoms with Crippen LogP contribution in [-0.2, 0) is 4.79 Å². The molecular weight excluding hydrogens is 347 g/mol. The van der Waals surface area contributed by atoms with E-state index in [9.17, 15) is 9.18 Å². The number of nitrogens with zero attached hydrogens (tertiary/aromatic N) is 3. The smallest absolute Gasteiger partial charge is 0.234 e. The van der Waals surface area contributed by atoms with Gasteiger partial charge in [0.15, 0.2) is 5.16 Å². The molecule has 0 bridgehead atoms. The van der Waals surface area contributed by atoms with Crippen LogP contribution < -0.4 is 5.32 Å². The van der Waals surface area contributed by atoms with Crippen LogP contribution in [0.15, 0.2) is 53.7 Å². The van der Waals surface area contributed by atoms with E-state index in [-0.39, 0.29) is 17.5 Å². The highest BCUT2D eigenvalue weighted by Crippen LogP contribution is 2.29. The molecule has 0 aliphatic rings. The molecule has 1 amide bonds. The normalized spacial score (nSPS) is 11.2. The minimum Gasteiger partial charge on any atom is -0.325 e. The topological polar surface area (TPSA) is 59.3 Å². The lowest BCUT2D eigenvalue weighted by atomic mass is 10.3. The van der Waals surface area contributed by atoms with Crippen molar-refractivity contribution >= 4 is 49.9 Å². The first-order valence-electron chi connectivity index (χ1n) is 7.11. The van der Waals surface area contributed by atoms with Crippen molar-refractivity contribution in [2.45, 2.75) is 5.16 Å². The van der Waals surface area contributed by atoms with Gasteiger partial charge in [-0.15, -0.1) is 10.2 Å². The van der Waals surface area contributed by atoms with Gasteiger partial charge in [0.1, 0.15) is 5.82 Å². The lowest BCUT2D eigenvalue weighted by molar-refractivity contribution is -0.113. The van der Waals surface area contributed by atoms with E-state index in [0.717, 1.165) is 15.2 Å². The number of anilines is 1. The molecule has 4 rings (SSSR count). The molecule has 0 aliphatic heterocycles. The molecule has 8 heteroatoms. The molecule has 0 saturated carbocycles. The van der Waals surface area contributed by atoms with Crippen LogP contribution in [0, 0.1) is 5.82 Å². The van der Waals surface area contributed by atoms with E-state index in [4.69, 9.17) is 0 Å². The van der Waals surface area contributed by atoms with Crippen LogP contribution in [-0.4, -0.2) is 26.3 Å². The second-order valence-corrected chi connectivity index (χ2v) is 6.97. The standard InChI is InChI=1S/C16H11FN4OS2/c17-10-4-3-5-11(8-10)18-14(22)9-23-15-19-20-16-21(15)12-6-1-2-7-13(12)24-16/h1-8H,9H2,(H,18,22). The number of carbonyl (C=O) groups is 1. The van der Waals surface area contributed by atoms with Gasteiger partial charge in [0.2, 0.25) is 10.9 Å². The van der Waals surface area contributed by atoms with Gasteiger partial charge >= 0.3 is 0 Å². The molecule has 0 radical (unpaired) electrons. The number of hydrogen-bond donors (Lipinski definition) is 1. The molecular formula is C16H11FN4OS2. The van der Waals surface area contributed by atoms with Crippen LogP contribution in [0.3, 0.4) is 0 Å². The maximum absolute atomic E-state index is 13.1. The number of aromatic nitrogens is 3. The summed E-state index contributed by atoms with van der Waals surface area (Å²) in [7, 11) is 0. The summed E-state index contributed by atoms with van der Waals surface area (Å²) in [6.07, 6.45) is 0. The summed E-state index contributed by atoms with van der Waals surface area (Å²) in [6.45, 7) is 0. The Kier molecular flexibility index (Phi) is 3.91. The van der Waals surface area contributed by atoms with E-state index in [2.05, 4.69) is 15.5 Å². The predicted octanol–water partition coefficient (Wildman–Crippen LogP) is 3.81. The third-order valence-corrected chi connectivity index (χ3v) is 5.29. The molecule has 2 heterocycles. The summed E-state index contributed by atoms with van der Waals surface area (Å²) in [6, 6.07) is 13.8. The Morgan fingerprint density at radius 1 is 1.21 bits per heavy atom. The third kappa shape index (κ3) is 2.85. The molecule has 4 aromatic rings. The molecule has 0 fully saturated rings. The lowest BCUT2D eigenvalue weighted by Crippen LogP contribution is -2.14. The Balaban J connectivity index is 1.51. The molecule has 5 nitrogen and oxygen atoms in total. The number of halogens is 1. The van der Waals surface area contributed by atoms with E-state index in [0.29, 0.717) is 10.8 Å². The third-order valence-electron chi connectivity index (χ3n) is 3.35. The molecule has 24 heavy (non-hydrogen) atoms. The summed E-state index contributed by atoms with van der Waals surface area (Å²) in [4.78, 5) is 12.8. The zero-order valence-electron chi connectivity index (χ0n) is 12.3. The van der Waals surface area contributed by atoms with Crippen LogP contribution in [0.25, 0.3) is 15.2 Å². The number of rotatable bonds is 4. The molecule has 0 unspecified atom stereocenters. The van der Waals surface area contributed by atoms with E-state index in [1.165, 1.54) is 23.9 Å². The second kappa shape index (κ2) is 6.21. The fourth-order valence-electron chi connectivity index (χ4n) is 2.34. The van der Waals surface area contributed by atoms with E-state index < -0.39 is 0 Å². The quantitative estimate of drug-likeness (QED) is 0.564. The van der Waals surface area contributed by atoms with Gasteiger partial charge in [-0.1, -0.05) is 41.3 Å². The Bertz CT molecular complexity index is 1040. The Labute approximate surface area is 144 Å². The maximum atomic E-state index is 13.1. The number of benzene rings is 2. The fourth-order valence-corrected chi connectivity index (χ4v) is 4.11. The first-order chi connectivity index (χ1) is 11.7. The molecule has 0 atom stereocenters. The second-order valence-electron chi connectivity index (χ2n) is 5.02. The first kappa shape index (κ1) is 15.1. The van der Waals surface area contributed by atoms with Gasteiger partial charge in [-0.2, -0.15) is 0 Å². The number of carbonyl (C=O) groups excluding carboxylic acids is 1. The van der Waals surface area contributed by atoms with Crippen LogP contribution in [0.5, 0.6) is 0 Å². The largest absolute Gasteiger partial charge is 0.325 e. The molecule has 120 valence electrons. The van der Waals surface area contributed by atoms with Crippen molar-refractivity contribution in [1.82, 2.24) is 14.6 Å². The molecule has 2 aromatic carbocycles. The minimum absolute atomic E-state index is 0.168. The van der Waals surface area contributed by atoms with E-state index >= 15 is 0 Å². The number of fused-ring (bicyclic) bond motifs is 3. The lowest BCUT2D eigenvalue weighted by Gasteiger charge is -2.04. The number of hydrogen-bond acceptors (Lipinski definition) is 5. The highest BCUT2D eigenvalue weighted by molar-refractivity contribution is 7.99. The van der Waals surface area contributed by atoms with Gasteiger partial charge in [0.05, 0.1) is 16.0 Å². The van der Waals surface area contributed by atoms with Crippen molar-refractivity contribution in [3.63, 3.8) is 0 Å². The van der Waals surface area contributed by atoms with Gasteiger partial charge in [0.25, 0.3) is 0 Å². The Hall–Kier alpha value is -2.45. The molecule has 1 N–H and O–H groups in total. The minimum atomic E-state index is -0.385. The van der Waals surface area contributed by atoms with Gasteiger partial charge in [-0.05, 0) is 30.3 Å². The average molecular weight is 358 g/mol. The molecule has 2 aromatic heterocycles. The van der Waals surface area contributed by atoms with Crippen molar-refractivity contribution in [2.75, 3.05) is 11.1 Å². The summed E-state index contributed by atoms with van der Waals surface area (Å²) in [5.41, 5.74) is 1.46. The highest BCUT2D eigenvalue weighted by Gasteiger charge is 2.14. The number of nitrogens with one attached hydrogen (secondary N) is 1. The average Bonchev–Trinajstić information content (AvgIpc) is 3.12. The SMILES string of the molecule is O=C(CSc1nnc2sc3ccccc3n12)Nc1cccc(F)c1. The number of para-hydroxylation sites is 1. The van der Waals surface area contributed by atoms with Crippen molar-refractivity contribution < 1.29 is 9.18 Å². The van der Waals surface area contributed by atoms with E-state index in [1.807, 2.05) is 28.7 Å². The summed E-state index contributed by atoms with van der Waals surface area (Å²) >= 11 is 2.85. The zero-order chi connectivity index (χ0) is 16.5. The van der Waals surface area contributed by atoms with Gasteiger partial charge in [-0.25, -0.2) is 4.39 Å². The van der Waals surface area contributed by atoms with Crippen molar-refractivity contribution in [3.8, 4) is 0 Å². The summed E-state index contributed by atoms with van der Waals surface area (Å²) in [5, 5.41) is 11.6. The van der Waals surface area contributed by atoms with Crippen molar-refractivity contribution in [1.29, 1.82) is 0 Å². The van der Waals surface area contributed by atoms with E-state index in [1.54, 1.807) is 23.5 Å². The monoisotopic (exact) mass is 358 g/mol.